The standard InChI is InChI=1S/C27H29N3O4S.C25H27N3O2S.C7H13ClO2.C3H8.C2H6/c1-32-27(31)34-26-10-8-20-7-9-21(19-23(20)28-26)33-17-3-2-12-29-13-15-30(16-14-29)24-5-4-6-25-22(24)11-18-35-25;29-25-9-7-19-6-8-20(18-22(19)26-25)30-16-2-1-11-27-12-14-28(15-13-27)23-4-3-5-24-21(23)10-17-31-24;1-2-3-4-5-6-10-7(8)9;1-3-2;1-2/h4-11,18-19H,2-3,12-17H2,1H3;3-10,17-18H,1-2,11-16H2,(H,26,29);2-6H2,1H3;3H2,1-2H3;1-2H3. The Morgan fingerprint density at radius 3 is 1.67 bits per heavy atom. The van der Waals surface area contributed by atoms with Crippen LogP contribution < -0.4 is 29.6 Å². The highest BCUT2D eigenvalue weighted by Gasteiger charge is 2.20. The van der Waals surface area contributed by atoms with Crippen molar-refractivity contribution < 1.29 is 33.3 Å². The highest BCUT2D eigenvalue weighted by atomic mass is 35.5. The van der Waals surface area contributed by atoms with Crippen LogP contribution in [0, 0.1) is 0 Å². The van der Waals surface area contributed by atoms with Gasteiger partial charge in [0.1, 0.15) is 11.5 Å². The molecule has 4 aromatic carbocycles. The fourth-order valence-corrected chi connectivity index (χ4v) is 11.1. The second kappa shape index (κ2) is 35.4. The van der Waals surface area contributed by atoms with Crippen molar-refractivity contribution in [2.75, 3.05) is 102 Å². The summed E-state index contributed by atoms with van der Waals surface area (Å²) in [4.78, 5) is 50.2. The number of anilines is 2. The molecule has 6 heterocycles. The monoisotopic (exact) mass is 1160 g/mol. The predicted molar refractivity (Wildman–Crippen MR) is 338 cm³/mol. The van der Waals surface area contributed by atoms with Gasteiger partial charge in [0.05, 0.1) is 38.0 Å². The molecule has 2 aliphatic rings. The van der Waals surface area contributed by atoms with Crippen LogP contribution >= 0.6 is 34.3 Å². The molecule has 0 saturated carbocycles. The fourth-order valence-electron chi connectivity index (χ4n) is 9.44. The van der Waals surface area contributed by atoms with Crippen LogP contribution in [0.5, 0.6) is 17.4 Å². The van der Waals surface area contributed by atoms with E-state index in [0.717, 1.165) is 132 Å². The first-order valence-electron chi connectivity index (χ1n) is 28.9. The third kappa shape index (κ3) is 20.8. The molecule has 17 heteroatoms. The first-order valence-corrected chi connectivity index (χ1v) is 31.0. The minimum atomic E-state index is -0.787. The Morgan fingerprint density at radius 1 is 0.605 bits per heavy atom. The molecule has 0 aliphatic carbocycles. The molecule has 81 heavy (non-hydrogen) atoms. The summed E-state index contributed by atoms with van der Waals surface area (Å²) in [7, 11) is 1.27. The number of hydrogen-bond donors (Lipinski definition) is 1. The Hall–Kier alpha value is -6.43. The molecule has 0 unspecified atom stereocenters. The number of piperazine rings is 2. The number of carbonyl (C=O) groups excluding carboxylic acids is 2. The van der Waals surface area contributed by atoms with Crippen molar-refractivity contribution >= 4 is 99.2 Å². The molecule has 0 radical (unpaired) electrons. The number of halogens is 1. The number of carbonyl (C=O) groups is 2. The number of rotatable bonds is 20. The Morgan fingerprint density at radius 2 is 1.12 bits per heavy atom. The number of aromatic amines is 1. The van der Waals surface area contributed by atoms with Crippen molar-refractivity contribution in [3.8, 4) is 17.4 Å². The first-order chi connectivity index (χ1) is 39.6. The van der Waals surface area contributed by atoms with Gasteiger partial charge in [-0.05, 0) is 134 Å². The van der Waals surface area contributed by atoms with Crippen LogP contribution in [0.1, 0.15) is 92.4 Å². The molecule has 436 valence electrons. The Bertz CT molecular complexity index is 3170. The summed E-state index contributed by atoms with van der Waals surface area (Å²) in [6.45, 7) is 23.1. The molecule has 1 N–H and O–H groups in total. The number of nitrogens with zero attached hydrogens (tertiary/aromatic N) is 5. The van der Waals surface area contributed by atoms with Crippen molar-refractivity contribution in [1.82, 2.24) is 19.8 Å². The fraction of sp³-hybridized carbons (Fsp3) is 0.438. The smallest absolute Gasteiger partial charge is 0.494 e. The van der Waals surface area contributed by atoms with Crippen molar-refractivity contribution in [1.29, 1.82) is 0 Å². The van der Waals surface area contributed by atoms with Gasteiger partial charge in [-0.15, -0.1) is 22.7 Å². The summed E-state index contributed by atoms with van der Waals surface area (Å²) in [6, 6.07) is 36.2. The van der Waals surface area contributed by atoms with Crippen LogP contribution in [0.25, 0.3) is 42.0 Å². The molecule has 2 aliphatic heterocycles. The molecule has 0 atom stereocenters. The number of benzene rings is 4. The van der Waals surface area contributed by atoms with E-state index in [1.54, 1.807) is 12.1 Å². The second-order valence-corrected chi connectivity index (χ2v) is 21.7. The van der Waals surface area contributed by atoms with Gasteiger partial charge in [-0.1, -0.05) is 72.4 Å². The van der Waals surface area contributed by atoms with E-state index in [4.69, 9.17) is 25.8 Å². The maximum absolute atomic E-state index is 11.5. The van der Waals surface area contributed by atoms with Gasteiger partial charge in [0, 0.05) is 125 Å². The third-order valence-corrected chi connectivity index (χ3v) is 15.4. The van der Waals surface area contributed by atoms with Gasteiger partial charge in [0.2, 0.25) is 11.4 Å². The highest BCUT2D eigenvalue weighted by Crippen LogP contribution is 2.33. The predicted octanol–water partition coefficient (Wildman–Crippen LogP) is 15.7. The minimum absolute atomic E-state index is 0.0863. The van der Waals surface area contributed by atoms with Gasteiger partial charge >= 0.3 is 11.6 Å². The summed E-state index contributed by atoms with van der Waals surface area (Å²) in [6.07, 6.45) is 9.13. The first kappa shape index (κ1) is 63.7. The van der Waals surface area contributed by atoms with Crippen LogP contribution in [0.4, 0.5) is 21.0 Å². The van der Waals surface area contributed by atoms with E-state index in [0.29, 0.717) is 25.3 Å². The van der Waals surface area contributed by atoms with Gasteiger partial charge in [-0.2, -0.15) is 0 Å². The SMILES string of the molecule is CC.CCC.CCCCCCOC(=O)Cl.COC(=O)Oc1ccc2ccc(OCCCCN3CCN(c4cccc5sccc45)CC3)cc2n1.O=c1ccc2ccc(OCCCCN3CCN(c4cccc5sccc45)CC3)cc2[nH]1. The maximum atomic E-state index is 11.5. The molecule has 4 aromatic heterocycles. The zero-order chi connectivity index (χ0) is 57.6. The van der Waals surface area contributed by atoms with Crippen LogP contribution in [0.3, 0.4) is 0 Å². The van der Waals surface area contributed by atoms with Gasteiger partial charge in [0.25, 0.3) is 0 Å². The summed E-state index contributed by atoms with van der Waals surface area (Å²) < 4.78 is 28.6. The quantitative estimate of drug-likeness (QED) is 0.0440. The van der Waals surface area contributed by atoms with E-state index in [1.165, 1.54) is 57.9 Å². The number of hydrogen-bond acceptors (Lipinski definition) is 15. The highest BCUT2D eigenvalue weighted by molar-refractivity contribution is 7.17. The Labute approximate surface area is 491 Å². The lowest BCUT2D eigenvalue weighted by atomic mass is 10.2. The van der Waals surface area contributed by atoms with E-state index in [9.17, 15) is 14.4 Å². The second-order valence-electron chi connectivity index (χ2n) is 19.5. The van der Waals surface area contributed by atoms with E-state index in [2.05, 4.69) is 119 Å². The Kier molecular flexibility index (Phi) is 27.9. The number of ether oxygens (including phenoxy) is 5. The summed E-state index contributed by atoms with van der Waals surface area (Å²) in [5.41, 5.74) is 3.49. The van der Waals surface area contributed by atoms with Gasteiger partial charge in [-0.25, -0.2) is 14.6 Å². The molecule has 0 spiro atoms. The number of unbranched alkanes of at least 4 members (excludes halogenated alkanes) is 5. The third-order valence-electron chi connectivity index (χ3n) is 13.5. The van der Waals surface area contributed by atoms with Gasteiger partial charge < -0.3 is 38.5 Å². The molecular formula is C64H83ClN6O8S2. The normalized spacial score (nSPS) is 13.4. The zero-order valence-electron chi connectivity index (χ0n) is 48.3. The van der Waals surface area contributed by atoms with Crippen molar-refractivity contribution in [3.05, 3.63) is 130 Å². The summed E-state index contributed by atoms with van der Waals surface area (Å²) >= 11 is 8.56. The number of thiophene rings is 2. The van der Waals surface area contributed by atoms with Crippen LogP contribution in [0.15, 0.2) is 125 Å². The van der Waals surface area contributed by atoms with E-state index in [-0.39, 0.29) is 11.4 Å². The van der Waals surface area contributed by atoms with Crippen LogP contribution in [-0.2, 0) is 9.47 Å². The topological polar surface area (TPSA) is 139 Å². The lowest BCUT2D eigenvalue weighted by Crippen LogP contribution is -2.46. The molecular weight excluding hydrogens is 1080 g/mol. The van der Waals surface area contributed by atoms with Gasteiger partial charge in [0.15, 0.2) is 0 Å². The number of aromatic nitrogens is 2. The zero-order valence-corrected chi connectivity index (χ0v) is 50.7. The minimum Gasteiger partial charge on any atom is -0.494 e. The molecule has 14 nitrogen and oxygen atoms in total. The van der Waals surface area contributed by atoms with Gasteiger partial charge in [-0.3, -0.25) is 14.6 Å². The van der Waals surface area contributed by atoms with E-state index in [1.807, 2.05) is 85.1 Å². The van der Waals surface area contributed by atoms with Crippen molar-refractivity contribution in [3.63, 3.8) is 0 Å². The lowest BCUT2D eigenvalue weighted by molar-refractivity contribution is 0.120. The maximum Gasteiger partial charge on any atom is 0.514 e. The molecule has 2 saturated heterocycles. The van der Waals surface area contributed by atoms with Crippen LogP contribution in [-0.4, -0.2) is 124 Å². The molecule has 0 amide bonds. The average molecular weight is 1160 g/mol. The van der Waals surface area contributed by atoms with Crippen LogP contribution in [0.2, 0.25) is 0 Å². The van der Waals surface area contributed by atoms with E-state index >= 15 is 0 Å². The molecule has 8 aromatic rings. The number of nitrogens with one attached hydrogen (secondary N) is 1. The number of H-pyrrole nitrogens is 1. The largest absolute Gasteiger partial charge is 0.514 e. The van der Waals surface area contributed by atoms with E-state index < -0.39 is 11.6 Å². The summed E-state index contributed by atoms with van der Waals surface area (Å²) in [5.74, 6) is 1.77. The van der Waals surface area contributed by atoms with Crippen molar-refractivity contribution in [2.45, 2.75) is 92.4 Å². The number of fused-ring (bicyclic) bond motifs is 4. The molecule has 2 fully saturated rings. The number of methoxy groups -OCH3 is 1. The number of pyridine rings is 2. The molecule has 0 bridgehead atoms. The summed E-state index contributed by atoms with van der Waals surface area (Å²) in [5, 5.41) is 9.09. The average Bonchev–Trinajstić information content (AvgIpc) is 4.22. The lowest BCUT2D eigenvalue weighted by Gasteiger charge is -2.36. The van der Waals surface area contributed by atoms with Crippen molar-refractivity contribution in [2.24, 2.45) is 0 Å². The Balaban J connectivity index is 0.000000210. The molecule has 10 rings (SSSR count).